The lowest BCUT2D eigenvalue weighted by atomic mass is 10.2. The van der Waals surface area contributed by atoms with Gasteiger partial charge in [0, 0.05) is 32.2 Å². The Bertz CT molecular complexity index is 628. The molecular formula is C14H18N4O2S. The SMILES string of the molecule is Cc1cc(CN2CCN(C(=O)c3sccc3N)CC2)on1. The summed E-state index contributed by atoms with van der Waals surface area (Å²) in [4.78, 5) is 17.1. The first-order valence-corrected chi connectivity index (χ1v) is 7.78. The van der Waals surface area contributed by atoms with Crippen LogP contribution in [0.15, 0.2) is 22.0 Å². The Labute approximate surface area is 127 Å². The third-order valence-corrected chi connectivity index (χ3v) is 4.52. The molecule has 2 aromatic heterocycles. The van der Waals surface area contributed by atoms with Gasteiger partial charge in [0.25, 0.3) is 5.91 Å². The van der Waals surface area contributed by atoms with Gasteiger partial charge in [-0.2, -0.15) is 0 Å². The van der Waals surface area contributed by atoms with Crippen molar-refractivity contribution in [2.45, 2.75) is 13.5 Å². The van der Waals surface area contributed by atoms with E-state index in [0.29, 0.717) is 23.7 Å². The van der Waals surface area contributed by atoms with Gasteiger partial charge in [-0.25, -0.2) is 0 Å². The van der Waals surface area contributed by atoms with Crippen molar-refractivity contribution in [3.8, 4) is 0 Å². The summed E-state index contributed by atoms with van der Waals surface area (Å²) in [6, 6.07) is 3.73. The van der Waals surface area contributed by atoms with E-state index in [1.54, 1.807) is 6.07 Å². The molecule has 2 N–H and O–H groups in total. The monoisotopic (exact) mass is 306 g/mol. The van der Waals surface area contributed by atoms with E-state index in [0.717, 1.165) is 31.1 Å². The fourth-order valence-electron chi connectivity index (χ4n) is 2.46. The predicted octanol–water partition coefficient (Wildman–Crippen LogP) is 1.58. The lowest BCUT2D eigenvalue weighted by Crippen LogP contribution is -2.48. The third kappa shape index (κ3) is 3.08. The number of hydrogen-bond donors (Lipinski definition) is 1. The standard InChI is InChI=1S/C14H18N4O2S/c1-10-8-11(20-16-10)9-17-3-5-18(6-4-17)14(19)13-12(15)2-7-21-13/h2,7-8H,3-6,9,15H2,1H3. The van der Waals surface area contributed by atoms with Crippen molar-refractivity contribution in [3.63, 3.8) is 0 Å². The number of nitrogens with zero attached hydrogens (tertiary/aromatic N) is 3. The first kappa shape index (κ1) is 14.1. The molecule has 1 aliphatic heterocycles. The van der Waals surface area contributed by atoms with E-state index in [-0.39, 0.29) is 5.91 Å². The molecule has 0 spiro atoms. The lowest BCUT2D eigenvalue weighted by Gasteiger charge is -2.34. The Balaban J connectivity index is 1.55. The van der Waals surface area contributed by atoms with Crippen LogP contribution in [0.1, 0.15) is 21.1 Å². The molecule has 0 bridgehead atoms. The molecule has 7 heteroatoms. The topological polar surface area (TPSA) is 75.6 Å². The molecule has 6 nitrogen and oxygen atoms in total. The van der Waals surface area contributed by atoms with Crippen LogP contribution in [-0.2, 0) is 6.54 Å². The van der Waals surface area contributed by atoms with Gasteiger partial charge < -0.3 is 15.2 Å². The van der Waals surface area contributed by atoms with E-state index in [9.17, 15) is 4.79 Å². The maximum Gasteiger partial charge on any atom is 0.266 e. The molecule has 2 aromatic rings. The zero-order valence-electron chi connectivity index (χ0n) is 11.9. The number of nitrogen functional groups attached to an aromatic ring is 1. The molecule has 1 amide bonds. The summed E-state index contributed by atoms with van der Waals surface area (Å²) < 4.78 is 5.23. The van der Waals surface area contributed by atoms with Crippen molar-refractivity contribution in [2.24, 2.45) is 0 Å². The van der Waals surface area contributed by atoms with Crippen LogP contribution in [0.25, 0.3) is 0 Å². The maximum atomic E-state index is 12.4. The summed E-state index contributed by atoms with van der Waals surface area (Å²) in [5, 5.41) is 5.74. The molecule has 0 saturated carbocycles. The van der Waals surface area contributed by atoms with Crippen LogP contribution in [-0.4, -0.2) is 47.0 Å². The molecule has 0 aliphatic carbocycles. The average Bonchev–Trinajstić information content (AvgIpc) is 3.08. The van der Waals surface area contributed by atoms with Crippen LogP contribution >= 0.6 is 11.3 Å². The van der Waals surface area contributed by atoms with Gasteiger partial charge in [0.2, 0.25) is 0 Å². The van der Waals surface area contributed by atoms with E-state index in [4.69, 9.17) is 10.3 Å². The summed E-state index contributed by atoms with van der Waals surface area (Å²) >= 11 is 1.40. The van der Waals surface area contributed by atoms with Crippen LogP contribution in [0.4, 0.5) is 5.69 Å². The third-order valence-electron chi connectivity index (χ3n) is 3.61. The summed E-state index contributed by atoms with van der Waals surface area (Å²) in [5.74, 6) is 0.910. The summed E-state index contributed by atoms with van der Waals surface area (Å²) in [5.41, 5.74) is 7.28. The number of nitrogens with two attached hydrogens (primary N) is 1. The van der Waals surface area contributed by atoms with Crippen LogP contribution in [0.2, 0.25) is 0 Å². The van der Waals surface area contributed by atoms with Crippen molar-refractivity contribution in [1.29, 1.82) is 0 Å². The first-order valence-electron chi connectivity index (χ1n) is 6.90. The van der Waals surface area contributed by atoms with Crippen molar-refractivity contribution in [3.05, 3.63) is 33.8 Å². The van der Waals surface area contributed by atoms with E-state index in [1.807, 2.05) is 23.3 Å². The molecule has 3 heterocycles. The highest BCUT2D eigenvalue weighted by Gasteiger charge is 2.24. The molecule has 0 unspecified atom stereocenters. The van der Waals surface area contributed by atoms with Crippen LogP contribution in [0.5, 0.6) is 0 Å². The van der Waals surface area contributed by atoms with Crippen molar-refractivity contribution < 1.29 is 9.32 Å². The molecule has 21 heavy (non-hydrogen) atoms. The molecule has 0 atom stereocenters. The maximum absolute atomic E-state index is 12.4. The zero-order valence-corrected chi connectivity index (χ0v) is 12.7. The number of amides is 1. The molecule has 1 fully saturated rings. The van der Waals surface area contributed by atoms with Crippen molar-refractivity contribution in [1.82, 2.24) is 15.0 Å². The van der Waals surface area contributed by atoms with Crippen LogP contribution < -0.4 is 5.73 Å². The zero-order chi connectivity index (χ0) is 14.8. The van der Waals surface area contributed by atoms with E-state index in [2.05, 4.69) is 10.1 Å². The smallest absolute Gasteiger partial charge is 0.266 e. The lowest BCUT2D eigenvalue weighted by molar-refractivity contribution is 0.0623. The highest BCUT2D eigenvalue weighted by molar-refractivity contribution is 7.12. The first-order chi connectivity index (χ1) is 10.1. The highest BCUT2D eigenvalue weighted by atomic mass is 32.1. The number of carbonyl (C=O) groups excluding carboxylic acids is 1. The summed E-state index contributed by atoms with van der Waals surface area (Å²) in [6.07, 6.45) is 0. The predicted molar refractivity (Wildman–Crippen MR) is 81.2 cm³/mol. The second kappa shape index (κ2) is 5.87. The van der Waals surface area contributed by atoms with Gasteiger partial charge in [0.15, 0.2) is 5.76 Å². The number of carbonyl (C=O) groups is 1. The molecule has 3 rings (SSSR count). The normalized spacial score (nSPS) is 16.3. The number of piperazine rings is 1. The minimum Gasteiger partial charge on any atom is -0.397 e. The molecule has 1 saturated heterocycles. The Hall–Kier alpha value is -1.86. The number of hydrogen-bond acceptors (Lipinski definition) is 6. The van der Waals surface area contributed by atoms with E-state index >= 15 is 0 Å². The Morgan fingerprint density at radius 2 is 2.19 bits per heavy atom. The summed E-state index contributed by atoms with van der Waals surface area (Å²) in [7, 11) is 0. The minimum absolute atomic E-state index is 0.0395. The number of aromatic nitrogens is 1. The Kier molecular flexibility index (Phi) is 3.94. The molecule has 112 valence electrons. The number of anilines is 1. The van der Waals surface area contributed by atoms with Gasteiger partial charge >= 0.3 is 0 Å². The van der Waals surface area contributed by atoms with Crippen LogP contribution in [0, 0.1) is 6.92 Å². The highest BCUT2D eigenvalue weighted by Crippen LogP contribution is 2.21. The minimum atomic E-state index is 0.0395. The van der Waals surface area contributed by atoms with Gasteiger partial charge in [-0.05, 0) is 18.4 Å². The Morgan fingerprint density at radius 1 is 1.43 bits per heavy atom. The molecule has 1 aliphatic rings. The van der Waals surface area contributed by atoms with Gasteiger partial charge in [0.05, 0.1) is 17.9 Å². The van der Waals surface area contributed by atoms with Gasteiger partial charge in [-0.1, -0.05) is 5.16 Å². The average molecular weight is 306 g/mol. The molecule has 0 radical (unpaired) electrons. The van der Waals surface area contributed by atoms with Crippen LogP contribution in [0.3, 0.4) is 0 Å². The van der Waals surface area contributed by atoms with Crippen molar-refractivity contribution >= 4 is 22.9 Å². The molecular weight excluding hydrogens is 288 g/mol. The summed E-state index contributed by atoms with van der Waals surface area (Å²) in [6.45, 7) is 5.74. The Morgan fingerprint density at radius 3 is 2.76 bits per heavy atom. The second-order valence-electron chi connectivity index (χ2n) is 5.21. The van der Waals surface area contributed by atoms with Crippen molar-refractivity contribution in [2.75, 3.05) is 31.9 Å². The van der Waals surface area contributed by atoms with Gasteiger partial charge in [-0.3, -0.25) is 9.69 Å². The van der Waals surface area contributed by atoms with Gasteiger partial charge in [-0.15, -0.1) is 11.3 Å². The second-order valence-corrected chi connectivity index (χ2v) is 6.12. The molecule has 0 aromatic carbocycles. The fraction of sp³-hybridized carbons (Fsp3) is 0.429. The number of rotatable bonds is 3. The number of aryl methyl sites for hydroxylation is 1. The van der Waals surface area contributed by atoms with E-state index in [1.165, 1.54) is 11.3 Å². The number of thiophene rings is 1. The largest absolute Gasteiger partial charge is 0.397 e. The van der Waals surface area contributed by atoms with Gasteiger partial charge in [0.1, 0.15) is 4.88 Å². The quantitative estimate of drug-likeness (QED) is 0.932. The fourth-order valence-corrected chi connectivity index (χ4v) is 3.24. The van der Waals surface area contributed by atoms with E-state index < -0.39 is 0 Å².